The summed E-state index contributed by atoms with van der Waals surface area (Å²) in [7, 11) is -3.72. The molecule has 6 heteroatoms. The standard InChI is InChI=1S/C20H19BrNO3P/c1-15-7-11-17(12-8-15)24-26(23,22-20-6-4-3-5-19(20)21)25-18-13-9-16(2)10-14-18/h3-14H,1-2H3,(H,22,23). The number of nitrogens with one attached hydrogen (secondary N) is 1. The first-order chi connectivity index (χ1) is 12.4. The number of rotatable bonds is 6. The molecule has 0 radical (unpaired) electrons. The van der Waals surface area contributed by atoms with Crippen LogP contribution >= 0.6 is 23.7 Å². The van der Waals surface area contributed by atoms with Gasteiger partial charge in [-0.15, -0.1) is 0 Å². The van der Waals surface area contributed by atoms with E-state index in [1.807, 2.05) is 56.3 Å². The maximum Gasteiger partial charge on any atom is 0.541 e. The first-order valence-corrected chi connectivity index (χ1v) is 10.4. The van der Waals surface area contributed by atoms with Crippen molar-refractivity contribution in [1.29, 1.82) is 0 Å². The predicted octanol–water partition coefficient (Wildman–Crippen LogP) is 6.74. The van der Waals surface area contributed by atoms with Gasteiger partial charge < -0.3 is 9.05 Å². The minimum Gasteiger partial charge on any atom is -0.400 e. The maximum absolute atomic E-state index is 13.5. The van der Waals surface area contributed by atoms with Crippen LogP contribution in [0.5, 0.6) is 11.5 Å². The normalized spacial score (nSPS) is 11.0. The van der Waals surface area contributed by atoms with E-state index < -0.39 is 7.75 Å². The molecule has 0 atom stereocenters. The van der Waals surface area contributed by atoms with Gasteiger partial charge in [-0.2, -0.15) is 0 Å². The Hall–Kier alpha value is -2.23. The molecule has 3 rings (SSSR count). The highest BCUT2D eigenvalue weighted by Gasteiger charge is 2.29. The van der Waals surface area contributed by atoms with Gasteiger partial charge in [-0.25, -0.2) is 4.57 Å². The van der Waals surface area contributed by atoms with Crippen molar-refractivity contribution in [2.45, 2.75) is 13.8 Å². The lowest BCUT2D eigenvalue weighted by molar-refractivity contribution is 0.392. The van der Waals surface area contributed by atoms with Crippen molar-refractivity contribution in [3.05, 3.63) is 88.4 Å². The minimum atomic E-state index is -3.72. The molecular formula is C20H19BrNO3P. The van der Waals surface area contributed by atoms with Gasteiger partial charge in [0.2, 0.25) is 0 Å². The SMILES string of the molecule is Cc1ccc(OP(=O)(Nc2ccccc2Br)Oc2ccc(C)cc2)cc1. The molecule has 0 aliphatic heterocycles. The van der Waals surface area contributed by atoms with Crippen molar-refractivity contribution >= 4 is 29.4 Å². The largest absolute Gasteiger partial charge is 0.541 e. The summed E-state index contributed by atoms with van der Waals surface area (Å²) in [5.74, 6) is 0.927. The molecule has 3 aromatic rings. The molecule has 1 N–H and O–H groups in total. The van der Waals surface area contributed by atoms with E-state index in [1.165, 1.54) is 0 Å². The lowest BCUT2D eigenvalue weighted by atomic mass is 10.2. The van der Waals surface area contributed by atoms with E-state index in [1.54, 1.807) is 30.3 Å². The summed E-state index contributed by atoms with van der Waals surface area (Å²) < 4.78 is 25.7. The quantitative estimate of drug-likeness (QED) is 0.438. The molecule has 0 saturated heterocycles. The van der Waals surface area contributed by atoms with Gasteiger partial charge in [0.05, 0.1) is 5.69 Å². The Morgan fingerprint density at radius 3 is 1.69 bits per heavy atom. The van der Waals surface area contributed by atoms with Crippen LogP contribution in [0, 0.1) is 13.8 Å². The van der Waals surface area contributed by atoms with Crippen molar-refractivity contribution in [3.63, 3.8) is 0 Å². The second-order valence-corrected chi connectivity index (χ2v) is 8.34. The molecule has 0 fully saturated rings. The van der Waals surface area contributed by atoms with Gasteiger partial charge in [-0.05, 0) is 66.2 Å². The first-order valence-electron chi connectivity index (χ1n) is 8.09. The number of halogens is 1. The third-order valence-corrected chi connectivity index (χ3v) is 5.73. The van der Waals surface area contributed by atoms with Crippen LogP contribution in [0.3, 0.4) is 0 Å². The van der Waals surface area contributed by atoms with Crippen LogP contribution in [-0.4, -0.2) is 0 Å². The summed E-state index contributed by atoms with van der Waals surface area (Å²) >= 11 is 3.44. The highest BCUT2D eigenvalue weighted by molar-refractivity contribution is 9.10. The van der Waals surface area contributed by atoms with Crippen LogP contribution in [-0.2, 0) is 4.57 Å². The second kappa shape index (κ2) is 7.98. The lowest BCUT2D eigenvalue weighted by Gasteiger charge is -2.21. The third-order valence-electron chi connectivity index (χ3n) is 3.62. The van der Waals surface area contributed by atoms with Crippen LogP contribution in [0.25, 0.3) is 0 Å². The van der Waals surface area contributed by atoms with Gasteiger partial charge in [0, 0.05) is 4.47 Å². The number of benzene rings is 3. The second-order valence-electron chi connectivity index (χ2n) is 5.90. The van der Waals surface area contributed by atoms with Gasteiger partial charge in [0.25, 0.3) is 0 Å². The molecule has 0 amide bonds. The summed E-state index contributed by atoms with van der Waals surface area (Å²) in [4.78, 5) is 0. The number of aryl methyl sites for hydroxylation is 2. The fraction of sp³-hybridized carbons (Fsp3) is 0.100. The van der Waals surface area contributed by atoms with Crippen molar-refractivity contribution in [3.8, 4) is 11.5 Å². The number of hydrogen-bond donors (Lipinski definition) is 1. The van der Waals surface area contributed by atoms with E-state index in [2.05, 4.69) is 21.0 Å². The van der Waals surface area contributed by atoms with Crippen molar-refractivity contribution in [2.24, 2.45) is 0 Å². The summed E-state index contributed by atoms with van der Waals surface area (Å²) in [6.07, 6.45) is 0. The maximum atomic E-state index is 13.5. The smallest absolute Gasteiger partial charge is 0.400 e. The molecule has 0 saturated carbocycles. The molecule has 0 spiro atoms. The number of anilines is 1. The fourth-order valence-corrected chi connectivity index (χ4v) is 4.19. The Kier molecular flexibility index (Phi) is 5.70. The van der Waals surface area contributed by atoms with Crippen LogP contribution in [0.1, 0.15) is 11.1 Å². The zero-order valence-electron chi connectivity index (χ0n) is 14.5. The molecule has 0 unspecified atom stereocenters. The molecule has 26 heavy (non-hydrogen) atoms. The molecule has 3 aromatic carbocycles. The summed E-state index contributed by atoms with van der Waals surface area (Å²) in [6, 6.07) is 22.0. The molecular weight excluding hydrogens is 413 g/mol. The topological polar surface area (TPSA) is 47.6 Å². The average molecular weight is 432 g/mol. The van der Waals surface area contributed by atoms with Crippen LogP contribution in [0.4, 0.5) is 5.69 Å². The number of para-hydroxylation sites is 1. The fourth-order valence-electron chi connectivity index (χ4n) is 2.24. The molecule has 0 aliphatic rings. The summed E-state index contributed by atoms with van der Waals surface area (Å²) in [6.45, 7) is 3.96. The highest BCUT2D eigenvalue weighted by Crippen LogP contribution is 2.49. The third kappa shape index (κ3) is 4.90. The Morgan fingerprint density at radius 1 is 0.769 bits per heavy atom. The van der Waals surface area contributed by atoms with E-state index in [-0.39, 0.29) is 0 Å². The minimum absolute atomic E-state index is 0.464. The molecule has 4 nitrogen and oxygen atoms in total. The highest BCUT2D eigenvalue weighted by atomic mass is 79.9. The van der Waals surface area contributed by atoms with Gasteiger partial charge in [-0.3, -0.25) is 5.09 Å². The van der Waals surface area contributed by atoms with Gasteiger partial charge in [0.15, 0.2) is 0 Å². The monoisotopic (exact) mass is 431 g/mol. The molecule has 0 aliphatic carbocycles. The van der Waals surface area contributed by atoms with Gasteiger partial charge in [0.1, 0.15) is 11.5 Å². The summed E-state index contributed by atoms with van der Waals surface area (Å²) in [5, 5.41) is 2.91. The van der Waals surface area contributed by atoms with E-state index in [0.717, 1.165) is 15.6 Å². The van der Waals surface area contributed by atoms with Crippen molar-refractivity contribution in [2.75, 3.05) is 5.09 Å². The van der Waals surface area contributed by atoms with Gasteiger partial charge >= 0.3 is 7.75 Å². The number of hydrogen-bond acceptors (Lipinski definition) is 3. The Balaban J connectivity index is 1.91. The van der Waals surface area contributed by atoms with Crippen LogP contribution in [0.2, 0.25) is 0 Å². The lowest BCUT2D eigenvalue weighted by Crippen LogP contribution is -2.10. The Bertz CT molecular complexity index is 875. The first kappa shape index (κ1) is 18.6. The van der Waals surface area contributed by atoms with E-state index >= 15 is 0 Å². The molecule has 0 bridgehead atoms. The van der Waals surface area contributed by atoms with E-state index in [9.17, 15) is 4.57 Å². The van der Waals surface area contributed by atoms with Crippen molar-refractivity contribution in [1.82, 2.24) is 0 Å². The molecule has 134 valence electrons. The zero-order chi connectivity index (χ0) is 18.6. The van der Waals surface area contributed by atoms with Crippen LogP contribution < -0.4 is 14.1 Å². The zero-order valence-corrected chi connectivity index (χ0v) is 17.0. The summed E-state index contributed by atoms with van der Waals surface area (Å²) in [5.41, 5.74) is 2.80. The van der Waals surface area contributed by atoms with Gasteiger partial charge in [-0.1, -0.05) is 47.5 Å². The predicted molar refractivity (Wildman–Crippen MR) is 109 cm³/mol. The molecule has 0 aromatic heterocycles. The van der Waals surface area contributed by atoms with E-state index in [4.69, 9.17) is 9.05 Å². The Labute approximate surface area is 161 Å². The Morgan fingerprint density at radius 2 is 1.23 bits per heavy atom. The molecule has 0 heterocycles. The average Bonchev–Trinajstić information content (AvgIpc) is 2.61. The van der Waals surface area contributed by atoms with E-state index in [0.29, 0.717) is 17.2 Å². The van der Waals surface area contributed by atoms with Crippen molar-refractivity contribution < 1.29 is 13.6 Å². The van der Waals surface area contributed by atoms with Crippen LogP contribution in [0.15, 0.2) is 77.3 Å².